The molecule has 0 aliphatic rings. The molecule has 1 heterocycles. The lowest BCUT2D eigenvalue weighted by Gasteiger charge is -2.14. The van der Waals surface area contributed by atoms with E-state index in [4.69, 9.17) is 0 Å². The maximum absolute atomic E-state index is 13.1. The molecule has 2 aromatic carbocycles. The van der Waals surface area contributed by atoms with Crippen LogP contribution in [-0.2, 0) is 17.5 Å². The lowest BCUT2D eigenvalue weighted by molar-refractivity contribution is -0.137. The van der Waals surface area contributed by atoms with Crippen LogP contribution in [0.5, 0.6) is 0 Å². The molecular formula is C22H24F3N3OS. The van der Waals surface area contributed by atoms with Gasteiger partial charge in [-0.3, -0.25) is 4.79 Å². The van der Waals surface area contributed by atoms with E-state index in [1.165, 1.54) is 17.8 Å². The average molecular weight is 436 g/mol. The van der Waals surface area contributed by atoms with Gasteiger partial charge in [0.25, 0.3) is 0 Å². The van der Waals surface area contributed by atoms with E-state index in [9.17, 15) is 18.0 Å². The second-order valence-electron chi connectivity index (χ2n) is 7.04. The summed E-state index contributed by atoms with van der Waals surface area (Å²) in [4.78, 5) is 16.7. The molecular weight excluding hydrogens is 411 g/mol. The molecule has 0 radical (unpaired) electrons. The van der Waals surface area contributed by atoms with Gasteiger partial charge in [0, 0.05) is 6.04 Å². The molecule has 160 valence electrons. The van der Waals surface area contributed by atoms with Crippen molar-refractivity contribution in [2.24, 2.45) is 0 Å². The minimum atomic E-state index is -4.43. The van der Waals surface area contributed by atoms with Crippen molar-refractivity contribution in [3.05, 3.63) is 59.7 Å². The zero-order valence-corrected chi connectivity index (χ0v) is 17.7. The minimum Gasteiger partial charge on any atom is -0.353 e. The fourth-order valence-corrected chi connectivity index (χ4v) is 4.03. The fraction of sp³-hybridized carbons (Fsp3) is 0.364. The van der Waals surface area contributed by atoms with Crippen molar-refractivity contribution in [2.75, 3.05) is 5.75 Å². The first-order chi connectivity index (χ1) is 14.3. The van der Waals surface area contributed by atoms with Gasteiger partial charge in [0.15, 0.2) is 5.16 Å². The molecule has 0 aliphatic carbocycles. The van der Waals surface area contributed by atoms with Crippen LogP contribution in [0.2, 0.25) is 0 Å². The Morgan fingerprint density at radius 2 is 1.83 bits per heavy atom. The molecule has 0 bridgehead atoms. The Balaban J connectivity index is 1.90. The Labute approximate surface area is 177 Å². The van der Waals surface area contributed by atoms with Crippen LogP contribution < -0.4 is 5.32 Å². The molecule has 0 unspecified atom stereocenters. The molecule has 3 rings (SSSR count). The van der Waals surface area contributed by atoms with Crippen molar-refractivity contribution in [3.8, 4) is 0 Å². The van der Waals surface area contributed by atoms with E-state index in [-0.39, 0.29) is 23.2 Å². The van der Waals surface area contributed by atoms with E-state index in [1.54, 1.807) is 0 Å². The Hall–Kier alpha value is -2.48. The number of hydrogen-bond donors (Lipinski definition) is 1. The number of hydrogen-bond acceptors (Lipinski definition) is 3. The van der Waals surface area contributed by atoms with Crippen molar-refractivity contribution < 1.29 is 18.0 Å². The smallest absolute Gasteiger partial charge is 0.353 e. The van der Waals surface area contributed by atoms with Crippen molar-refractivity contribution in [3.63, 3.8) is 0 Å². The van der Waals surface area contributed by atoms with Crippen molar-refractivity contribution in [1.82, 2.24) is 14.9 Å². The topological polar surface area (TPSA) is 46.9 Å². The summed E-state index contributed by atoms with van der Waals surface area (Å²) < 4.78 is 41.2. The zero-order chi connectivity index (χ0) is 21.7. The number of fused-ring (bicyclic) bond motifs is 1. The monoisotopic (exact) mass is 435 g/mol. The van der Waals surface area contributed by atoms with Crippen LogP contribution in [0.25, 0.3) is 11.0 Å². The molecule has 1 amide bonds. The van der Waals surface area contributed by atoms with E-state index >= 15 is 0 Å². The largest absolute Gasteiger partial charge is 0.416 e. The molecule has 0 saturated heterocycles. The lowest BCUT2D eigenvalue weighted by Crippen LogP contribution is -2.35. The van der Waals surface area contributed by atoms with Crippen LogP contribution in [0.3, 0.4) is 0 Å². The molecule has 0 spiro atoms. The summed E-state index contributed by atoms with van der Waals surface area (Å²) >= 11 is 1.24. The molecule has 3 aromatic rings. The van der Waals surface area contributed by atoms with Gasteiger partial charge in [0.05, 0.1) is 28.9 Å². The SMILES string of the molecule is CCC(CC)NC(=O)CSc1nc2cc(C(F)(F)F)ccc2n1Cc1ccccc1. The maximum Gasteiger partial charge on any atom is 0.416 e. The summed E-state index contributed by atoms with van der Waals surface area (Å²) in [6.07, 6.45) is -2.74. The van der Waals surface area contributed by atoms with Gasteiger partial charge < -0.3 is 9.88 Å². The average Bonchev–Trinajstić information content (AvgIpc) is 3.07. The summed E-state index contributed by atoms with van der Waals surface area (Å²) in [6, 6.07) is 13.3. The predicted molar refractivity (Wildman–Crippen MR) is 114 cm³/mol. The van der Waals surface area contributed by atoms with Gasteiger partial charge in [-0.1, -0.05) is 55.9 Å². The maximum atomic E-state index is 13.1. The highest BCUT2D eigenvalue weighted by Gasteiger charge is 2.31. The third kappa shape index (κ3) is 5.36. The third-order valence-electron chi connectivity index (χ3n) is 4.91. The highest BCUT2D eigenvalue weighted by atomic mass is 32.2. The third-order valence-corrected chi connectivity index (χ3v) is 5.88. The van der Waals surface area contributed by atoms with Crippen LogP contribution >= 0.6 is 11.8 Å². The lowest BCUT2D eigenvalue weighted by atomic mass is 10.2. The van der Waals surface area contributed by atoms with Crippen molar-refractivity contribution in [1.29, 1.82) is 0 Å². The summed E-state index contributed by atoms with van der Waals surface area (Å²) in [7, 11) is 0. The molecule has 1 N–H and O–H groups in total. The van der Waals surface area contributed by atoms with Gasteiger partial charge in [-0.2, -0.15) is 13.2 Å². The van der Waals surface area contributed by atoms with Gasteiger partial charge in [-0.25, -0.2) is 4.98 Å². The van der Waals surface area contributed by atoms with Crippen LogP contribution in [0.15, 0.2) is 53.7 Å². The zero-order valence-electron chi connectivity index (χ0n) is 16.9. The number of benzene rings is 2. The number of imidazole rings is 1. The molecule has 30 heavy (non-hydrogen) atoms. The van der Waals surface area contributed by atoms with Crippen molar-refractivity contribution >= 4 is 28.7 Å². The first-order valence-corrected chi connectivity index (χ1v) is 10.8. The number of amides is 1. The van der Waals surface area contributed by atoms with E-state index in [0.717, 1.165) is 30.5 Å². The first kappa shape index (κ1) is 22.2. The van der Waals surface area contributed by atoms with Gasteiger partial charge >= 0.3 is 6.18 Å². The number of carbonyl (C=O) groups excluding carboxylic acids is 1. The highest BCUT2D eigenvalue weighted by Crippen LogP contribution is 2.33. The number of aromatic nitrogens is 2. The Morgan fingerprint density at radius 3 is 2.47 bits per heavy atom. The quantitative estimate of drug-likeness (QED) is 0.475. The Kier molecular flexibility index (Phi) is 7.07. The van der Waals surface area contributed by atoms with E-state index < -0.39 is 11.7 Å². The molecule has 0 atom stereocenters. The number of nitrogens with zero attached hydrogens (tertiary/aromatic N) is 2. The molecule has 0 aliphatic heterocycles. The highest BCUT2D eigenvalue weighted by molar-refractivity contribution is 7.99. The Morgan fingerprint density at radius 1 is 1.13 bits per heavy atom. The first-order valence-electron chi connectivity index (χ1n) is 9.85. The standard InChI is InChI=1S/C22H24F3N3OS/c1-3-17(4-2)26-20(29)14-30-21-27-18-12-16(22(23,24)25)10-11-19(18)28(21)13-15-8-6-5-7-9-15/h5-12,17H,3-4,13-14H2,1-2H3,(H,26,29). The van der Waals surface area contributed by atoms with E-state index in [0.29, 0.717) is 17.2 Å². The normalized spacial score (nSPS) is 11.9. The number of nitrogens with one attached hydrogen (secondary N) is 1. The fourth-order valence-electron chi connectivity index (χ4n) is 3.21. The molecule has 1 aromatic heterocycles. The number of alkyl halides is 3. The molecule has 8 heteroatoms. The van der Waals surface area contributed by atoms with Crippen molar-refractivity contribution in [2.45, 2.75) is 50.6 Å². The van der Waals surface area contributed by atoms with Gasteiger partial charge in [0.2, 0.25) is 5.91 Å². The van der Waals surface area contributed by atoms with Gasteiger partial charge in [-0.15, -0.1) is 0 Å². The molecule has 4 nitrogen and oxygen atoms in total. The van der Waals surface area contributed by atoms with E-state index in [1.807, 2.05) is 48.7 Å². The number of halogens is 3. The van der Waals surface area contributed by atoms with E-state index in [2.05, 4.69) is 10.3 Å². The van der Waals surface area contributed by atoms with Gasteiger partial charge in [0.1, 0.15) is 0 Å². The summed E-state index contributed by atoms with van der Waals surface area (Å²) in [5, 5.41) is 3.49. The Bertz CT molecular complexity index is 998. The second-order valence-corrected chi connectivity index (χ2v) is 7.98. The summed E-state index contributed by atoms with van der Waals surface area (Å²) in [5.74, 6) is 0.0452. The number of carbonyl (C=O) groups is 1. The summed E-state index contributed by atoms with van der Waals surface area (Å²) in [6.45, 7) is 4.48. The van der Waals surface area contributed by atoms with Crippen LogP contribution in [-0.4, -0.2) is 27.3 Å². The molecule has 0 saturated carbocycles. The second kappa shape index (κ2) is 9.55. The number of thioether (sulfide) groups is 1. The van der Waals surface area contributed by atoms with Gasteiger partial charge in [-0.05, 0) is 36.6 Å². The van der Waals surface area contributed by atoms with Crippen LogP contribution in [0.4, 0.5) is 13.2 Å². The van der Waals surface area contributed by atoms with Crippen LogP contribution in [0.1, 0.15) is 37.8 Å². The number of rotatable bonds is 8. The minimum absolute atomic E-state index is 0.108. The molecule has 0 fully saturated rings. The summed E-state index contributed by atoms with van der Waals surface area (Å²) in [5.41, 5.74) is 1.14. The van der Waals surface area contributed by atoms with Crippen LogP contribution in [0, 0.1) is 0 Å². The predicted octanol–water partition coefficient (Wildman–Crippen LogP) is 5.50.